The maximum Gasteiger partial charge on any atom is 0.254 e. The summed E-state index contributed by atoms with van der Waals surface area (Å²) in [7, 11) is 0. The van der Waals surface area contributed by atoms with Crippen molar-refractivity contribution >= 4 is 17.5 Å². The lowest BCUT2D eigenvalue weighted by molar-refractivity contribution is 0.0780. The van der Waals surface area contributed by atoms with Gasteiger partial charge in [0.1, 0.15) is 0 Å². The third-order valence-corrected chi connectivity index (χ3v) is 3.73. The summed E-state index contributed by atoms with van der Waals surface area (Å²) in [4.78, 5) is 14.1. The van der Waals surface area contributed by atoms with Crippen LogP contribution in [0.25, 0.3) is 0 Å². The molecular formula is C16H14ClNO. The normalized spacial score (nSPS) is 13.7. The zero-order valence-electron chi connectivity index (χ0n) is 10.5. The third-order valence-electron chi connectivity index (χ3n) is 3.48. The van der Waals surface area contributed by atoms with E-state index in [1.807, 2.05) is 53.4 Å². The van der Waals surface area contributed by atoms with Gasteiger partial charge in [0.2, 0.25) is 0 Å². The smallest absolute Gasteiger partial charge is 0.254 e. The molecule has 0 saturated heterocycles. The van der Waals surface area contributed by atoms with Crippen LogP contribution in [0.4, 0.5) is 0 Å². The second kappa shape index (κ2) is 5.06. The summed E-state index contributed by atoms with van der Waals surface area (Å²) in [6.45, 7) is 1.47. The van der Waals surface area contributed by atoms with Crippen LogP contribution < -0.4 is 0 Å². The Labute approximate surface area is 117 Å². The zero-order valence-corrected chi connectivity index (χ0v) is 11.2. The molecule has 1 heterocycles. The minimum atomic E-state index is 0.143. The van der Waals surface area contributed by atoms with E-state index in [-0.39, 0.29) is 5.91 Å². The van der Waals surface area contributed by atoms with E-state index in [4.69, 9.17) is 11.6 Å². The quantitative estimate of drug-likeness (QED) is 0.836. The van der Waals surface area contributed by atoms with Gasteiger partial charge in [-0.3, -0.25) is 4.79 Å². The number of fused-ring (bicyclic) bond motifs is 1. The summed E-state index contributed by atoms with van der Waals surface area (Å²) in [6, 6.07) is 15.6. The van der Waals surface area contributed by atoms with Crippen molar-refractivity contribution in [2.75, 3.05) is 6.54 Å². The Bertz CT molecular complexity index is 606. The highest BCUT2D eigenvalue weighted by atomic mass is 35.5. The molecule has 0 bridgehead atoms. The average molecular weight is 272 g/mol. The highest BCUT2D eigenvalue weighted by Gasteiger charge is 2.25. The lowest BCUT2D eigenvalue weighted by Gasteiger charge is -2.15. The lowest BCUT2D eigenvalue weighted by atomic mass is 10.1. The Kier molecular flexibility index (Phi) is 3.26. The molecule has 1 amide bonds. The van der Waals surface area contributed by atoms with Gasteiger partial charge in [-0.1, -0.05) is 41.9 Å². The molecule has 1 aliphatic heterocycles. The molecule has 2 aromatic carbocycles. The van der Waals surface area contributed by atoms with E-state index in [0.29, 0.717) is 0 Å². The van der Waals surface area contributed by atoms with Gasteiger partial charge in [0.15, 0.2) is 0 Å². The molecule has 3 rings (SSSR count). The topological polar surface area (TPSA) is 20.3 Å². The molecule has 96 valence electrons. The summed E-state index contributed by atoms with van der Waals surface area (Å²) < 4.78 is 0. The Hall–Kier alpha value is -1.80. The molecule has 0 aliphatic carbocycles. The first-order valence-corrected chi connectivity index (χ1v) is 6.73. The summed E-state index contributed by atoms with van der Waals surface area (Å²) in [5.41, 5.74) is 3.18. The van der Waals surface area contributed by atoms with Gasteiger partial charge in [-0.25, -0.2) is 0 Å². The predicted octanol–water partition coefficient (Wildman–Crippen LogP) is 3.54. The lowest BCUT2D eigenvalue weighted by Crippen LogP contribution is -2.26. The standard InChI is InChI=1S/C16H14ClNO/c17-14-7-5-12(6-8-14)9-10-18-11-13-3-1-2-4-15(13)16(18)19/h1-8H,9-11H2. The molecule has 2 nitrogen and oxygen atoms in total. The minimum Gasteiger partial charge on any atom is -0.334 e. The van der Waals surface area contributed by atoms with Crippen LogP contribution in [0.3, 0.4) is 0 Å². The number of carbonyl (C=O) groups is 1. The number of nitrogens with zero attached hydrogens (tertiary/aromatic N) is 1. The van der Waals surface area contributed by atoms with Gasteiger partial charge in [0, 0.05) is 23.7 Å². The first kappa shape index (κ1) is 12.2. The number of rotatable bonds is 3. The Morgan fingerprint density at radius 1 is 1.05 bits per heavy atom. The van der Waals surface area contributed by atoms with E-state index in [9.17, 15) is 4.79 Å². The molecule has 0 atom stereocenters. The van der Waals surface area contributed by atoms with Gasteiger partial charge in [-0.05, 0) is 35.7 Å². The molecule has 0 spiro atoms. The number of carbonyl (C=O) groups excluding carboxylic acids is 1. The first-order valence-electron chi connectivity index (χ1n) is 6.35. The number of hydrogen-bond acceptors (Lipinski definition) is 1. The average Bonchev–Trinajstić information content (AvgIpc) is 2.76. The van der Waals surface area contributed by atoms with Crippen LogP contribution in [0.2, 0.25) is 5.02 Å². The van der Waals surface area contributed by atoms with Gasteiger partial charge in [-0.15, -0.1) is 0 Å². The summed E-state index contributed by atoms with van der Waals surface area (Å²) in [5, 5.41) is 0.744. The van der Waals surface area contributed by atoms with Crippen LogP contribution in [-0.2, 0) is 13.0 Å². The SMILES string of the molecule is O=C1c2ccccc2CN1CCc1ccc(Cl)cc1. The maximum absolute atomic E-state index is 12.2. The highest BCUT2D eigenvalue weighted by molar-refractivity contribution is 6.30. The van der Waals surface area contributed by atoms with E-state index in [1.165, 1.54) is 5.56 Å². The van der Waals surface area contributed by atoms with Gasteiger partial charge in [-0.2, -0.15) is 0 Å². The molecule has 19 heavy (non-hydrogen) atoms. The van der Waals surface area contributed by atoms with Gasteiger partial charge >= 0.3 is 0 Å². The van der Waals surface area contributed by atoms with Crippen LogP contribution in [0.1, 0.15) is 21.5 Å². The van der Waals surface area contributed by atoms with Crippen molar-refractivity contribution in [3.8, 4) is 0 Å². The van der Waals surface area contributed by atoms with E-state index < -0.39 is 0 Å². The van der Waals surface area contributed by atoms with Gasteiger partial charge in [0.25, 0.3) is 5.91 Å². The number of hydrogen-bond donors (Lipinski definition) is 0. The Morgan fingerprint density at radius 3 is 2.53 bits per heavy atom. The minimum absolute atomic E-state index is 0.143. The number of amides is 1. The molecule has 2 aromatic rings. The fourth-order valence-corrected chi connectivity index (χ4v) is 2.54. The molecule has 0 radical (unpaired) electrons. The summed E-state index contributed by atoms with van der Waals surface area (Å²) in [6.07, 6.45) is 0.858. The summed E-state index contributed by atoms with van der Waals surface area (Å²) in [5.74, 6) is 0.143. The van der Waals surface area contributed by atoms with Crippen molar-refractivity contribution in [2.24, 2.45) is 0 Å². The second-order valence-corrected chi connectivity index (χ2v) is 5.20. The molecule has 0 unspecified atom stereocenters. The fraction of sp³-hybridized carbons (Fsp3) is 0.188. The van der Waals surface area contributed by atoms with Crippen LogP contribution in [0.5, 0.6) is 0 Å². The number of benzene rings is 2. The van der Waals surface area contributed by atoms with E-state index in [0.717, 1.165) is 35.7 Å². The van der Waals surface area contributed by atoms with Crippen LogP contribution in [0.15, 0.2) is 48.5 Å². The van der Waals surface area contributed by atoms with Gasteiger partial charge in [0.05, 0.1) is 0 Å². The maximum atomic E-state index is 12.2. The van der Waals surface area contributed by atoms with Crippen molar-refractivity contribution in [1.29, 1.82) is 0 Å². The molecule has 0 aromatic heterocycles. The fourth-order valence-electron chi connectivity index (χ4n) is 2.41. The van der Waals surface area contributed by atoms with Crippen LogP contribution in [-0.4, -0.2) is 17.4 Å². The monoisotopic (exact) mass is 271 g/mol. The molecule has 0 saturated carbocycles. The molecule has 3 heteroatoms. The molecule has 1 aliphatic rings. The number of halogens is 1. The predicted molar refractivity (Wildman–Crippen MR) is 76.3 cm³/mol. The second-order valence-electron chi connectivity index (χ2n) is 4.76. The van der Waals surface area contributed by atoms with E-state index >= 15 is 0 Å². The van der Waals surface area contributed by atoms with Crippen molar-refractivity contribution < 1.29 is 4.79 Å². The van der Waals surface area contributed by atoms with Gasteiger partial charge < -0.3 is 4.90 Å². The van der Waals surface area contributed by atoms with Crippen molar-refractivity contribution in [3.63, 3.8) is 0 Å². The molecule has 0 N–H and O–H groups in total. The van der Waals surface area contributed by atoms with Crippen molar-refractivity contribution in [3.05, 3.63) is 70.2 Å². The zero-order chi connectivity index (χ0) is 13.2. The third kappa shape index (κ3) is 2.49. The van der Waals surface area contributed by atoms with Crippen LogP contribution >= 0.6 is 11.6 Å². The van der Waals surface area contributed by atoms with E-state index in [1.54, 1.807) is 0 Å². The molecular weight excluding hydrogens is 258 g/mol. The Morgan fingerprint density at radius 2 is 1.79 bits per heavy atom. The Balaban J connectivity index is 1.67. The van der Waals surface area contributed by atoms with E-state index in [2.05, 4.69) is 0 Å². The summed E-state index contributed by atoms with van der Waals surface area (Å²) >= 11 is 5.86. The van der Waals surface area contributed by atoms with Crippen molar-refractivity contribution in [2.45, 2.75) is 13.0 Å². The van der Waals surface area contributed by atoms with Crippen molar-refractivity contribution in [1.82, 2.24) is 4.90 Å². The highest BCUT2D eigenvalue weighted by Crippen LogP contribution is 2.22. The first-order chi connectivity index (χ1) is 9.24. The van der Waals surface area contributed by atoms with Crippen LogP contribution in [0, 0.1) is 0 Å². The largest absolute Gasteiger partial charge is 0.334 e. The molecule has 0 fully saturated rings.